The first-order chi connectivity index (χ1) is 61.0. The average Bonchev–Trinajstić information content (AvgIpc) is 1.75. The highest BCUT2D eigenvalue weighted by atomic mass is 127. The highest BCUT2D eigenvalue weighted by Gasteiger charge is 2.46. The van der Waals surface area contributed by atoms with Gasteiger partial charge in [-0.2, -0.15) is 25.7 Å². The number of nitrogen functional groups attached to an aromatic ring is 2. The molecule has 0 bridgehead atoms. The fraction of sp³-hybridized carbons (Fsp3) is 0.247. The monoisotopic (exact) mass is 1870 g/mol. The number of carbonyl (C=O) groups is 4. The number of halogens is 9. The molecule has 3 amide bonds. The van der Waals surface area contributed by atoms with Gasteiger partial charge in [-0.05, 0) is 154 Å². The number of esters is 1. The number of pyridine rings is 4. The fourth-order valence-electron chi connectivity index (χ4n) is 14.3. The number of fused-ring (bicyclic) bond motifs is 7. The lowest BCUT2D eigenvalue weighted by Gasteiger charge is -2.17. The molecule has 3 aliphatic heterocycles. The minimum Gasteiger partial charge on any atom is -0.468 e. The number of anilines is 4. The summed E-state index contributed by atoms with van der Waals surface area (Å²) in [5.41, 5.74) is 15.1. The number of ether oxygens (including phenoxy) is 1. The Kier molecular flexibility index (Phi) is 24.5. The van der Waals surface area contributed by atoms with Crippen molar-refractivity contribution < 1.29 is 59.0 Å². The lowest BCUT2D eigenvalue weighted by molar-refractivity contribution is -0.150. The van der Waals surface area contributed by atoms with Gasteiger partial charge in [0.05, 0.1) is 99.4 Å². The Morgan fingerprint density at radius 3 is 1.22 bits per heavy atom. The number of hydrogen-bond donors (Lipinski definition) is 6. The number of carbonyl (C=O) groups excluding carboxylic acids is 4. The second-order valence-corrected chi connectivity index (χ2v) is 33.3. The molecule has 0 spiro atoms. The third-order valence-electron chi connectivity index (χ3n) is 22.0. The number of hydrogen-bond acceptors (Lipinski definition) is 22. The smallest absolute Gasteiger partial charge is 0.322 e. The topological polar surface area (TPSA) is 418 Å². The van der Waals surface area contributed by atoms with E-state index in [1.807, 2.05) is 0 Å². The van der Waals surface area contributed by atoms with E-state index in [0.29, 0.717) is 116 Å². The number of methoxy groups -OCH3 is 1. The summed E-state index contributed by atoms with van der Waals surface area (Å²) >= 11 is 2.06. The van der Waals surface area contributed by atoms with Crippen LogP contribution in [0.2, 0.25) is 0 Å². The predicted molar refractivity (Wildman–Crippen MR) is 469 cm³/mol. The number of benzene rings is 4. The molecule has 18 rings (SSSR count). The number of nitrogens with zero attached hydrogens (tertiary/aromatic N) is 20. The van der Waals surface area contributed by atoms with Crippen LogP contribution in [0.25, 0.3) is 83.5 Å². The minimum atomic E-state index is -1.05. The molecule has 0 saturated carbocycles. The van der Waals surface area contributed by atoms with Crippen LogP contribution in [0, 0.1) is 107 Å². The van der Waals surface area contributed by atoms with Crippen LogP contribution in [0.3, 0.4) is 0 Å². The van der Waals surface area contributed by atoms with Gasteiger partial charge in [0.2, 0.25) is 17.7 Å². The number of nitriles is 1. The van der Waals surface area contributed by atoms with E-state index < -0.39 is 56.9 Å². The Morgan fingerprint density at radius 2 is 0.845 bits per heavy atom. The van der Waals surface area contributed by atoms with Gasteiger partial charge in [0.1, 0.15) is 102 Å². The normalized spacial score (nSPS) is 13.8. The number of nitrogens with one attached hydrogen (secondary N) is 4. The van der Waals surface area contributed by atoms with Gasteiger partial charge in [-0.3, -0.25) is 29.4 Å². The third kappa shape index (κ3) is 17.2. The SMILES string of the molecule is Cc1nc2c(cc1F)c(-c1nc(I)c3c(n1)NC(=O)C3(C)C)nn2Cc1ccccc1F.Cc1nc2c(cc1F)c(-c1nc(N)c3c(n1)NC(=O)C3(C)C)nn2Cc1ccccc1F.Cc1nc2c(cc1F)c(-c1ncc3c(n1)NC(=O)C3(C)C)nn2Cc1ccccc1F.Cc1nc2c(cc1F)c(C(=N)N)nn2Cc1ccccc1F.[C-]#[N+]C(C#N)C(C)(C)C(=O)OC. The largest absolute Gasteiger partial charge is 0.468 e. The van der Waals surface area contributed by atoms with Crippen LogP contribution in [-0.2, 0) is 66.3 Å². The van der Waals surface area contributed by atoms with Crippen LogP contribution in [0.4, 0.5) is 58.4 Å². The highest BCUT2D eigenvalue weighted by molar-refractivity contribution is 14.1. The molecular formula is C89H77F8IN26O5. The summed E-state index contributed by atoms with van der Waals surface area (Å²) in [4.78, 5) is 95.0. The predicted octanol–water partition coefficient (Wildman–Crippen LogP) is 14.8. The lowest BCUT2D eigenvalue weighted by atomic mass is 9.86. The third-order valence-corrected chi connectivity index (χ3v) is 22.7. The Hall–Kier alpha value is -15.1. The van der Waals surface area contributed by atoms with Gasteiger partial charge >= 0.3 is 12.0 Å². The summed E-state index contributed by atoms with van der Waals surface area (Å²) in [5, 5.41) is 43.7. The summed E-state index contributed by atoms with van der Waals surface area (Å²) in [5.74, 6) is -3.12. The van der Waals surface area contributed by atoms with Crippen LogP contribution in [-0.4, -0.2) is 132 Å². The first-order valence-electron chi connectivity index (χ1n) is 39.4. The first-order valence-corrected chi connectivity index (χ1v) is 40.5. The molecule has 15 aromatic rings. The molecule has 1 atom stereocenters. The average molecular weight is 1870 g/mol. The van der Waals surface area contributed by atoms with Crippen molar-refractivity contribution in [2.75, 3.05) is 28.8 Å². The van der Waals surface area contributed by atoms with Crippen molar-refractivity contribution in [3.8, 4) is 40.6 Å². The molecule has 4 aromatic carbocycles. The molecule has 31 nitrogen and oxygen atoms in total. The van der Waals surface area contributed by atoms with Crippen molar-refractivity contribution >= 4 is 120 Å². The molecule has 0 radical (unpaired) electrons. The summed E-state index contributed by atoms with van der Waals surface area (Å²) in [6, 6.07) is 31.3. The molecule has 3 aliphatic rings. The molecule has 129 heavy (non-hydrogen) atoms. The van der Waals surface area contributed by atoms with Gasteiger partial charge in [-0.25, -0.2) is 110 Å². The van der Waals surface area contributed by atoms with Gasteiger partial charge in [-0.15, -0.1) is 0 Å². The molecule has 0 fully saturated rings. The Bertz CT molecular complexity index is 7030. The van der Waals surface area contributed by atoms with Crippen molar-refractivity contribution in [1.82, 2.24) is 89.0 Å². The summed E-state index contributed by atoms with van der Waals surface area (Å²) in [7, 11) is 1.24. The zero-order valence-electron chi connectivity index (χ0n) is 71.1. The molecule has 14 heterocycles. The maximum Gasteiger partial charge on any atom is 0.322 e. The molecule has 40 heteroatoms. The molecule has 656 valence electrons. The number of nitrogens with two attached hydrogens (primary N) is 2. The van der Waals surface area contributed by atoms with E-state index >= 15 is 0 Å². The Labute approximate surface area is 742 Å². The summed E-state index contributed by atoms with van der Waals surface area (Å²) in [6.07, 6.45) is 1.58. The Balaban J connectivity index is 0.000000134. The van der Waals surface area contributed by atoms with Crippen LogP contribution in [0.15, 0.2) is 128 Å². The van der Waals surface area contributed by atoms with E-state index in [9.17, 15) is 54.3 Å². The fourth-order valence-corrected chi connectivity index (χ4v) is 15.5. The van der Waals surface area contributed by atoms with E-state index in [2.05, 4.69) is 118 Å². The number of aryl methyl sites for hydroxylation is 4. The van der Waals surface area contributed by atoms with Gasteiger partial charge in [-0.1, -0.05) is 72.8 Å². The van der Waals surface area contributed by atoms with E-state index in [-0.39, 0.29) is 130 Å². The highest BCUT2D eigenvalue weighted by Crippen LogP contribution is 2.44. The minimum absolute atomic E-state index is 0.0748. The van der Waals surface area contributed by atoms with Crippen molar-refractivity contribution in [2.24, 2.45) is 11.1 Å². The molecule has 0 saturated heterocycles. The molecule has 8 N–H and O–H groups in total. The van der Waals surface area contributed by atoms with Crippen molar-refractivity contribution in [3.05, 3.63) is 257 Å². The van der Waals surface area contributed by atoms with E-state index in [1.165, 1.54) is 102 Å². The Morgan fingerprint density at radius 1 is 0.512 bits per heavy atom. The second-order valence-electron chi connectivity index (χ2n) is 32.3. The van der Waals surface area contributed by atoms with Crippen LogP contribution in [0.5, 0.6) is 0 Å². The van der Waals surface area contributed by atoms with Crippen LogP contribution >= 0.6 is 22.6 Å². The summed E-state index contributed by atoms with van der Waals surface area (Å²) in [6.45, 7) is 27.0. The summed E-state index contributed by atoms with van der Waals surface area (Å²) < 4.78 is 124. The molecular weight excluding hydrogens is 1790 g/mol. The van der Waals surface area contributed by atoms with Gasteiger partial charge in [0, 0.05) is 39.6 Å². The van der Waals surface area contributed by atoms with E-state index in [1.54, 1.807) is 140 Å². The first kappa shape index (κ1) is 90.2. The zero-order chi connectivity index (χ0) is 93.1. The van der Waals surface area contributed by atoms with Gasteiger partial charge < -0.3 is 32.2 Å². The number of amidine groups is 1. The van der Waals surface area contributed by atoms with E-state index in [0.717, 1.165) is 0 Å². The number of aromatic nitrogens is 18. The standard InChI is InChI=1S/C22H17F2IN6O.C22H19F2N7O.C22H18F2N6O.C15H13F2N5.C8H10N2O2/c2*1-10-14(24)8-12-16(19-27-17(25)15-18(28-19)29-21(32)22(15,2)3)30-31(20(12)26-10)9-11-6-4-5-7-13(11)23;1-11-16(24)8-13-17(19-25-9-14-18(27-19)28-21(31)22(14,2)3)29-30(20(13)26-11)10-12-6-4-5-7-15(12)23;1-8-12(17)6-10-13(14(18)19)21-22(15(10)20-8)7-9-4-2-3-5-11(9)16;1-8(2,7(11)12-4)6(5-9)10-3/h4-8H,9H2,1-3H3,(H,27,28,29,32);4-8H,9H2,1-3H3,(H3,25,27,28,29,32);4-9H,10H2,1-3H3,(H,25,27,28,31);2-6H,7H2,1H3,(H3,18,19);6H,1-2,4H3. The number of amides is 3. The van der Waals surface area contributed by atoms with Gasteiger partial charge in [0.15, 0.2) is 51.5 Å². The maximum absolute atomic E-state index is 14.4. The van der Waals surface area contributed by atoms with Crippen LogP contribution < -0.4 is 27.4 Å². The molecule has 11 aromatic heterocycles. The van der Waals surface area contributed by atoms with Crippen molar-refractivity contribution in [3.63, 3.8) is 0 Å². The van der Waals surface area contributed by atoms with Crippen molar-refractivity contribution in [2.45, 2.75) is 132 Å². The number of rotatable bonds is 14. The quantitative estimate of drug-likeness (QED) is 0.0112. The van der Waals surface area contributed by atoms with Crippen molar-refractivity contribution in [1.29, 1.82) is 10.7 Å². The van der Waals surface area contributed by atoms with Gasteiger partial charge in [0.25, 0.3) is 0 Å². The molecule has 1 unspecified atom stereocenters. The molecule has 0 aliphatic carbocycles. The second kappa shape index (κ2) is 35.0. The zero-order valence-corrected chi connectivity index (χ0v) is 73.2. The van der Waals surface area contributed by atoms with Crippen LogP contribution in [0.1, 0.15) is 123 Å². The van der Waals surface area contributed by atoms with E-state index in [4.69, 9.17) is 28.7 Å². The maximum atomic E-state index is 14.4. The lowest BCUT2D eigenvalue weighted by Crippen LogP contribution is -2.35.